The number of halogens is 1. The van der Waals surface area contributed by atoms with Crippen molar-refractivity contribution in [2.75, 3.05) is 37.6 Å². The first-order valence-corrected chi connectivity index (χ1v) is 11.1. The van der Waals surface area contributed by atoms with Crippen molar-refractivity contribution in [1.29, 1.82) is 0 Å². The quantitative estimate of drug-likeness (QED) is 0.759. The average Bonchev–Trinajstić information content (AvgIpc) is 3.45. The maximum absolute atomic E-state index is 13.8. The first kappa shape index (κ1) is 19.7. The summed E-state index contributed by atoms with van der Waals surface area (Å²) < 4.78 is 15.3. The van der Waals surface area contributed by atoms with Crippen LogP contribution in [0.2, 0.25) is 0 Å². The molecule has 3 fully saturated rings. The Hall–Kier alpha value is -2.25. The summed E-state index contributed by atoms with van der Waals surface area (Å²) in [7, 11) is 1.89. The molecule has 0 bridgehead atoms. The first-order valence-electron chi connectivity index (χ1n) is 11.1. The maximum atomic E-state index is 13.8. The summed E-state index contributed by atoms with van der Waals surface area (Å²) in [6.45, 7) is 5.12. The molecule has 2 saturated heterocycles. The van der Waals surface area contributed by atoms with Gasteiger partial charge in [-0.05, 0) is 49.3 Å². The lowest BCUT2D eigenvalue weighted by atomic mass is 9.82. The van der Waals surface area contributed by atoms with Gasteiger partial charge in [-0.1, -0.05) is 12.1 Å². The fourth-order valence-corrected chi connectivity index (χ4v) is 5.10. The second-order valence-corrected chi connectivity index (χ2v) is 9.16. The van der Waals surface area contributed by atoms with Gasteiger partial charge < -0.3 is 4.90 Å². The van der Waals surface area contributed by atoms with Gasteiger partial charge >= 0.3 is 0 Å². The van der Waals surface area contributed by atoms with Crippen LogP contribution < -0.4 is 4.90 Å². The molecule has 0 radical (unpaired) electrons. The Bertz CT molecular complexity index is 916. The highest BCUT2D eigenvalue weighted by molar-refractivity contribution is 6.01. The van der Waals surface area contributed by atoms with Gasteiger partial charge in [-0.15, -0.1) is 0 Å². The molecule has 5 rings (SSSR count). The highest BCUT2D eigenvalue weighted by Gasteiger charge is 2.52. The van der Waals surface area contributed by atoms with Crippen LogP contribution in [0, 0.1) is 11.7 Å². The minimum atomic E-state index is -0.422. The molecule has 0 unspecified atom stereocenters. The Morgan fingerprint density at radius 2 is 1.97 bits per heavy atom. The molecule has 1 aromatic heterocycles. The van der Waals surface area contributed by atoms with Gasteiger partial charge in [-0.2, -0.15) is 5.10 Å². The lowest BCUT2D eigenvalue weighted by Crippen LogP contribution is -2.69. The monoisotopic (exact) mass is 411 g/mol. The van der Waals surface area contributed by atoms with Crippen LogP contribution in [0.15, 0.2) is 36.7 Å². The van der Waals surface area contributed by atoms with E-state index in [0.717, 1.165) is 69.3 Å². The number of amides is 1. The molecule has 1 aliphatic carbocycles. The van der Waals surface area contributed by atoms with E-state index < -0.39 is 5.54 Å². The molecule has 160 valence electrons. The third kappa shape index (κ3) is 3.76. The number of piperidine rings is 1. The standard InChI is InChI=1S/C23H30FN5O/c1-26-17-21(14-25-26)29-12-11-28(16-18-5-6-18)23(22(29)30)7-9-27(10-8-23)15-19-3-2-4-20(24)13-19/h2-4,13-14,17-18H,5-12,15-16H2,1H3. The van der Waals surface area contributed by atoms with Crippen LogP contribution in [0.4, 0.5) is 10.1 Å². The zero-order valence-corrected chi connectivity index (χ0v) is 17.6. The molecule has 1 amide bonds. The fraction of sp³-hybridized carbons (Fsp3) is 0.565. The summed E-state index contributed by atoms with van der Waals surface area (Å²) in [5, 5.41) is 4.27. The normalized spacial score (nSPS) is 22.7. The Balaban J connectivity index is 1.34. The number of anilines is 1. The van der Waals surface area contributed by atoms with E-state index in [0.29, 0.717) is 0 Å². The highest BCUT2D eigenvalue weighted by Crippen LogP contribution is 2.39. The number of carbonyl (C=O) groups excluding carboxylic acids is 1. The molecular formula is C23H30FN5O. The summed E-state index contributed by atoms with van der Waals surface area (Å²) in [5.74, 6) is 0.795. The second kappa shape index (κ2) is 7.78. The molecule has 2 aromatic rings. The van der Waals surface area contributed by atoms with E-state index in [4.69, 9.17) is 0 Å². The number of piperazine rings is 1. The van der Waals surface area contributed by atoms with Crippen molar-refractivity contribution in [1.82, 2.24) is 19.6 Å². The van der Waals surface area contributed by atoms with Crippen LogP contribution in [-0.2, 0) is 18.4 Å². The van der Waals surface area contributed by atoms with Crippen LogP contribution in [-0.4, -0.2) is 63.8 Å². The van der Waals surface area contributed by atoms with Gasteiger partial charge in [0.2, 0.25) is 5.91 Å². The second-order valence-electron chi connectivity index (χ2n) is 9.16. The van der Waals surface area contributed by atoms with Gasteiger partial charge in [-0.25, -0.2) is 4.39 Å². The van der Waals surface area contributed by atoms with Crippen LogP contribution in [0.3, 0.4) is 0 Å². The van der Waals surface area contributed by atoms with Crippen molar-refractivity contribution >= 4 is 11.6 Å². The maximum Gasteiger partial charge on any atom is 0.247 e. The van der Waals surface area contributed by atoms with Gasteiger partial charge in [0.05, 0.1) is 11.9 Å². The van der Waals surface area contributed by atoms with Crippen molar-refractivity contribution in [3.8, 4) is 0 Å². The Labute approximate surface area is 177 Å². The van der Waals surface area contributed by atoms with E-state index >= 15 is 0 Å². The summed E-state index contributed by atoms with van der Waals surface area (Å²) in [6, 6.07) is 6.84. The zero-order valence-electron chi connectivity index (χ0n) is 17.6. The summed E-state index contributed by atoms with van der Waals surface area (Å²) >= 11 is 0. The number of hydrogen-bond acceptors (Lipinski definition) is 4. The van der Waals surface area contributed by atoms with Crippen molar-refractivity contribution in [2.24, 2.45) is 13.0 Å². The minimum absolute atomic E-state index is 0.189. The molecule has 6 nitrogen and oxygen atoms in total. The molecule has 3 aliphatic rings. The molecule has 0 atom stereocenters. The Kier molecular flexibility index (Phi) is 5.11. The Morgan fingerprint density at radius 1 is 1.17 bits per heavy atom. The molecule has 1 aromatic carbocycles. The van der Waals surface area contributed by atoms with Crippen LogP contribution in [0.5, 0.6) is 0 Å². The number of aryl methyl sites for hydroxylation is 1. The Morgan fingerprint density at radius 3 is 2.63 bits per heavy atom. The smallest absolute Gasteiger partial charge is 0.247 e. The molecule has 7 heteroatoms. The number of carbonyl (C=O) groups is 1. The summed E-state index contributed by atoms with van der Waals surface area (Å²) in [6.07, 6.45) is 7.95. The van der Waals surface area contributed by atoms with Crippen LogP contribution in [0.1, 0.15) is 31.2 Å². The first-order chi connectivity index (χ1) is 14.5. The van der Waals surface area contributed by atoms with Crippen molar-refractivity contribution in [3.63, 3.8) is 0 Å². The van der Waals surface area contributed by atoms with Gasteiger partial charge in [0, 0.05) is 52.5 Å². The predicted molar refractivity (Wildman–Crippen MR) is 114 cm³/mol. The van der Waals surface area contributed by atoms with Crippen LogP contribution in [0.25, 0.3) is 0 Å². The van der Waals surface area contributed by atoms with Crippen molar-refractivity contribution in [3.05, 3.63) is 48.0 Å². The largest absolute Gasteiger partial charge is 0.307 e. The topological polar surface area (TPSA) is 44.6 Å². The lowest BCUT2D eigenvalue weighted by Gasteiger charge is -2.52. The van der Waals surface area contributed by atoms with Gasteiger partial charge in [0.1, 0.15) is 11.4 Å². The van der Waals surface area contributed by atoms with Gasteiger partial charge in [-0.3, -0.25) is 19.3 Å². The van der Waals surface area contributed by atoms with E-state index in [-0.39, 0.29) is 11.7 Å². The van der Waals surface area contributed by atoms with E-state index in [9.17, 15) is 9.18 Å². The fourth-order valence-electron chi connectivity index (χ4n) is 5.10. The number of aromatic nitrogens is 2. The van der Waals surface area contributed by atoms with Gasteiger partial charge in [0.15, 0.2) is 0 Å². The van der Waals surface area contributed by atoms with E-state index in [1.54, 1.807) is 23.0 Å². The molecule has 1 saturated carbocycles. The number of hydrogen-bond donors (Lipinski definition) is 0. The number of likely N-dealkylation sites (tertiary alicyclic amines) is 1. The van der Waals surface area contributed by atoms with E-state index in [1.165, 1.54) is 18.9 Å². The van der Waals surface area contributed by atoms with Crippen LogP contribution >= 0.6 is 0 Å². The molecule has 2 aliphatic heterocycles. The molecule has 1 spiro atoms. The lowest BCUT2D eigenvalue weighted by molar-refractivity contribution is -0.138. The zero-order chi connectivity index (χ0) is 20.7. The number of rotatable bonds is 5. The summed E-state index contributed by atoms with van der Waals surface area (Å²) in [4.78, 5) is 20.6. The predicted octanol–water partition coefficient (Wildman–Crippen LogP) is 2.65. The number of benzene rings is 1. The third-order valence-corrected chi connectivity index (χ3v) is 7.00. The van der Waals surface area contributed by atoms with Gasteiger partial charge in [0.25, 0.3) is 0 Å². The number of nitrogens with zero attached hydrogens (tertiary/aromatic N) is 5. The third-order valence-electron chi connectivity index (χ3n) is 7.00. The summed E-state index contributed by atoms with van der Waals surface area (Å²) in [5.41, 5.74) is 1.47. The van der Waals surface area contributed by atoms with Crippen molar-refractivity contribution < 1.29 is 9.18 Å². The molecular weight excluding hydrogens is 381 g/mol. The van der Waals surface area contributed by atoms with E-state index in [2.05, 4.69) is 14.9 Å². The highest BCUT2D eigenvalue weighted by atomic mass is 19.1. The average molecular weight is 412 g/mol. The van der Waals surface area contributed by atoms with Crippen molar-refractivity contribution in [2.45, 2.75) is 37.8 Å². The molecule has 30 heavy (non-hydrogen) atoms. The molecule has 0 N–H and O–H groups in total. The molecule has 3 heterocycles. The minimum Gasteiger partial charge on any atom is -0.307 e. The SMILES string of the molecule is Cn1cc(N2CCN(CC3CC3)C3(CCN(Cc4cccc(F)c4)CC3)C2=O)cn1. The van der Waals surface area contributed by atoms with E-state index in [1.807, 2.05) is 24.2 Å².